The summed E-state index contributed by atoms with van der Waals surface area (Å²) < 4.78 is 77.5. The summed E-state index contributed by atoms with van der Waals surface area (Å²) >= 11 is 16.3. The molecule has 0 aromatic heterocycles. The van der Waals surface area contributed by atoms with Crippen molar-refractivity contribution < 1.29 is 130 Å². The topological polar surface area (TPSA) is 419 Å². The molecule has 9 aliphatic rings. The van der Waals surface area contributed by atoms with Crippen LogP contribution in [0.5, 0.6) is 0 Å². The average molecular weight is 2110 g/mol. The summed E-state index contributed by atoms with van der Waals surface area (Å²) in [4.78, 5) is 84.5. The van der Waals surface area contributed by atoms with E-state index in [1.54, 1.807) is 0 Å². The van der Waals surface area contributed by atoms with Crippen LogP contribution in [0.15, 0.2) is 206 Å². The molecule has 6 aliphatic heterocycles. The fourth-order valence-electron chi connectivity index (χ4n) is 16.1. The van der Waals surface area contributed by atoms with E-state index in [1.807, 2.05) is 227 Å². The van der Waals surface area contributed by atoms with Gasteiger partial charge >= 0.3 is 42.2 Å². The molecule has 6 saturated heterocycles. The number of carbonyl (C=O) groups is 7. The number of carboxylic acids is 1. The molecule has 0 bridgehead atoms. The largest absolute Gasteiger partial charge is 0.480 e. The van der Waals surface area contributed by atoms with Crippen LogP contribution in [-0.2, 0) is 103 Å². The number of carboxylic acid groups (broad SMARTS) is 1. The second kappa shape index (κ2) is 74.3. The lowest BCUT2D eigenvalue weighted by atomic mass is 9.98. The maximum absolute atomic E-state index is 12.9. The average Bonchev–Trinajstić information content (AvgIpc) is 1.63. The van der Waals surface area contributed by atoms with E-state index in [2.05, 4.69) is 64.5 Å². The number of amides is 3. The number of halogens is 3. The minimum atomic E-state index is -1.79. The minimum Gasteiger partial charge on any atom is -0.480 e. The number of alkyl halides is 3. The number of aliphatic carboxylic acids is 1. The maximum atomic E-state index is 12.9. The van der Waals surface area contributed by atoms with Gasteiger partial charge in [-0.05, 0) is 181 Å². The van der Waals surface area contributed by atoms with Crippen LogP contribution in [0.25, 0.3) is 33.4 Å². The van der Waals surface area contributed by atoms with Crippen LogP contribution in [0, 0.1) is 5.41 Å². The maximum Gasteiger partial charge on any atom is 0.407 e. The zero-order valence-electron chi connectivity index (χ0n) is 87.0. The highest BCUT2D eigenvalue weighted by atomic mass is 35.6. The number of hydrogen-bond donors (Lipinski definition) is 9. The number of aliphatic hydroxyl groups excluding tert-OH is 4. The molecule has 8 aromatic carbocycles. The van der Waals surface area contributed by atoms with Crippen LogP contribution < -0.4 is 16.0 Å². The van der Waals surface area contributed by atoms with E-state index >= 15 is 0 Å². The summed E-state index contributed by atoms with van der Waals surface area (Å²) in [5.74, 6) is -3.38. The van der Waals surface area contributed by atoms with Crippen molar-refractivity contribution >= 4 is 82.9 Å². The lowest BCUT2D eigenvalue weighted by molar-refractivity contribution is -0.184. The predicted octanol–water partition coefficient (Wildman–Crippen LogP) is 22.0. The van der Waals surface area contributed by atoms with Crippen molar-refractivity contribution in [2.75, 3.05) is 86.4 Å². The quantitative estimate of drug-likeness (QED) is 0.00843. The van der Waals surface area contributed by atoms with Gasteiger partial charge in [-0.15, -0.1) is 0 Å². The summed E-state index contributed by atoms with van der Waals surface area (Å²) in [7, 11) is 1.00. The van der Waals surface area contributed by atoms with E-state index < -0.39 is 96.2 Å². The van der Waals surface area contributed by atoms with Gasteiger partial charge in [-0.1, -0.05) is 310 Å². The van der Waals surface area contributed by atoms with E-state index in [0.717, 1.165) is 220 Å². The number of nitrogens with one attached hydrogen (secondary N) is 4. The summed E-state index contributed by atoms with van der Waals surface area (Å²) in [6, 6.07) is 63.5. The van der Waals surface area contributed by atoms with Crippen LogP contribution in [0.1, 0.15) is 254 Å². The standard InChI is InChI=1S/C30H31NO6.C25H23NO5.C23H25NO6.C7H10Cl3NO2.C7H12O3.2C5H10O2.5C2H6.CH4O/c32-29(36-18-21-10-2-1-3-11-21)27(20-35-28-16-8-9-17-34-28)31-30(33)37-19-26-24-14-6-4-12-22(24)23-13-5-7-15-25(23)26;27-14-23(24(28)30-15-17-8-2-1-3-9-17)26-25(29)31-16-22-20-12-6-4-10-18(20)19-11-5-7-13-21(19)22;25-22(26)20(14-29-21-11-5-6-12-28-21)24-23(27)30-13-19-17-9-3-1-7-15(17)16-8-2-4-10-18(16)19;8-7(9,10)6(11)13-5-3-1-2-4-12-5;1-6(8)10-7-4-2-3-5-9-7;2*6-5-3-1-2-4-7-5;6*1-2/h1-7,10-15,26-28H,8-9,16-20H2,(H,31,33);1-13,22-23,27H,14-16H2,(H,26,29);1-4,7-10,19-21H,5-6,11-14H2,(H,24,27)(H,25,26);5,11H,1-4H2;7H,2-5H2,1H3;2*5-6H,1-4H2;5*1-2H3;2H,1H3/t27?,28-;;20?,21-;5-;7-;2*5-;;;;;;/m0.00011....../s1. The number of alkyl carbamates (subject to hydrolysis) is 3. The fraction of sp³-hybridized carbons (Fsp3) is 0.504. The Labute approximate surface area is 882 Å². The monoisotopic (exact) mass is 2100 g/mol. The van der Waals surface area contributed by atoms with Crippen molar-refractivity contribution in [2.45, 2.75) is 282 Å². The second-order valence-corrected chi connectivity index (χ2v) is 35.1. The molecule has 3 amide bonds. The van der Waals surface area contributed by atoms with Crippen molar-refractivity contribution in [3.05, 3.63) is 251 Å². The molecule has 6 heterocycles. The van der Waals surface area contributed by atoms with Crippen LogP contribution in [0.4, 0.5) is 14.4 Å². The third kappa shape index (κ3) is 45.3. The molecule has 31 nitrogen and oxygen atoms in total. The van der Waals surface area contributed by atoms with E-state index in [-0.39, 0.29) is 82.2 Å². The molecular formula is C113H155Cl3N4O27. The van der Waals surface area contributed by atoms with Gasteiger partial charge in [0.2, 0.25) is 18.5 Å². The van der Waals surface area contributed by atoms with Gasteiger partial charge in [-0.3, -0.25) is 10.2 Å². The highest BCUT2D eigenvalue weighted by Crippen LogP contribution is 2.48. The number of ether oxygens (including phenoxy) is 15. The Morgan fingerprint density at radius 2 is 0.612 bits per heavy atom. The molecule has 3 unspecified atom stereocenters. The summed E-state index contributed by atoms with van der Waals surface area (Å²) in [5, 5.41) is 58.0. The van der Waals surface area contributed by atoms with Crippen molar-refractivity contribution in [2.24, 2.45) is 0 Å². The molecule has 147 heavy (non-hydrogen) atoms. The molecule has 34 heteroatoms. The van der Waals surface area contributed by atoms with Crippen LogP contribution >= 0.6 is 34.8 Å². The first-order valence-corrected chi connectivity index (χ1v) is 52.5. The number of rotatable bonds is 25. The van der Waals surface area contributed by atoms with E-state index in [4.69, 9.17) is 127 Å². The van der Waals surface area contributed by atoms with Gasteiger partial charge in [0, 0.05) is 71.1 Å². The molecule has 9 atom stereocenters. The van der Waals surface area contributed by atoms with Crippen LogP contribution in [-0.4, -0.2) is 220 Å². The number of esters is 3. The number of carbonyl (C=O) groups excluding carboxylic acids is 6. The molecule has 9 N–H and O–H groups in total. The molecule has 0 spiro atoms. The molecule has 0 radical (unpaired) electrons. The van der Waals surface area contributed by atoms with Gasteiger partial charge in [-0.25, -0.2) is 28.8 Å². The Kier molecular flexibility index (Phi) is 64.0. The molecule has 6 fully saturated rings. The lowest BCUT2D eigenvalue weighted by Crippen LogP contribution is -2.46. The number of fused-ring (bicyclic) bond motifs is 9. The summed E-state index contributed by atoms with van der Waals surface area (Å²) in [5.41, 5.74) is 15.1. The van der Waals surface area contributed by atoms with Crippen molar-refractivity contribution in [3.63, 3.8) is 0 Å². The fourth-order valence-corrected chi connectivity index (χ4v) is 16.2. The number of benzene rings is 8. The highest BCUT2D eigenvalue weighted by molar-refractivity contribution is 6.76. The Morgan fingerprint density at radius 1 is 0.354 bits per heavy atom. The molecule has 8 aromatic rings. The zero-order valence-corrected chi connectivity index (χ0v) is 89.3. The van der Waals surface area contributed by atoms with Crippen molar-refractivity contribution in [3.8, 4) is 33.4 Å². The first-order chi connectivity index (χ1) is 71.6. The number of hydrogen-bond acceptors (Lipinski definition) is 27. The normalized spacial score (nSPS) is 18.3. The molecule has 17 rings (SSSR count). The molecular weight excluding hydrogens is 1950 g/mol. The van der Waals surface area contributed by atoms with Gasteiger partial charge in [0.05, 0.1) is 33.0 Å². The van der Waals surface area contributed by atoms with Gasteiger partial charge in [0.15, 0.2) is 43.3 Å². The minimum absolute atomic E-state index is 0.0581. The van der Waals surface area contributed by atoms with Crippen LogP contribution in [0.3, 0.4) is 0 Å². The SMILES string of the molecule is CC.CC.CC.CC.CC.CC(=O)O[C@H]1CCCCO1.CO.N=C(O[C@H]1CCCCO1)C(Cl)(Cl)Cl.O=C(NC(CO)C(=O)OCc1ccccc1)OCC1c2ccccc2-c2ccccc21.O=C(NC(CO[C@H]1CCCCO1)C(=O)O)OCC1c2ccccc2-c2ccccc21.O=C(NC(CO[C@H]1CCCCO1)C(=O)OCc1ccccc1)OCC1c2ccccc2-c2ccccc21.O[C@H]1CCCCO1.O[C@H]1CCCCO1. The lowest BCUT2D eigenvalue weighted by Gasteiger charge is -2.25. The van der Waals surface area contributed by atoms with E-state index in [1.165, 1.54) is 6.92 Å². The zero-order chi connectivity index (χ0) is 108. The van der Waals surface area contributed by atoms with Gasteiger partial charge in [0.25, 0.3) is 3.79 Å². The third-order valence-electron chi connectivity index (χ3n) is 23.0. The molecule has 3 aliphatic carbocycles. The first kappa shape index (κ1) is 127. The van der Waals surface area contributed by atoms with E-state index in [9.17, 15) is 43.8 Å². The Balaban J connectivity index is 0.000000317. The van der Waals surface area contributed by atoms with Gasteiger partial charge < -0.3 is 113 Å². The molecule has 810 valence electrons. The summed E-state index contributed by atoms with van der Waals surface area (Å²) in [6.07, 6.45) is 12.5. The van der Waals surface area contributed by atoms with Crippen LogP contribution in [0.2, 0.25) is 0 Å². The highest BCUT2D eigenvalue weighted by Gasteiger charge is 2.37. The Hall–Kier alpha value is -10.7. The van der Waals surface area contributed by atoms with Crippen molar-refractivity contribution in [1.82, 2.24) is 16.0 Å². The Bertz CT molecular complexity index is 4850. The first-order valence-electron chi connectivity index (χ1n) is 51.4. The summed E-state index contributed by atoms with van der Waals surface area (Å²) in [6.45, 7) is 25.2. The van der Waals surface area contributed by atoms with E-state index in [0.29, 0.717) is 19.8 Å². The Morgan fingerprint density at radius 3 is 0.871 bits per heavy atom. The smallest absolute Gasteiger partial charge is 0.407 e. The second-order valence-electron chi connectivity index (χ2n) is 32.8. The predicted molar refractivity (Wildman–Crippen MR) is 567 cm³/mol. The van der Waals surface area contributed by atoms with Gasteiger partial charge in [0.1, 0.15) is 33.0 Å². The third-order valence-corrected chi connectivity index (χ3v) is 23.5. The van der Waals surface area contributed by atoms with Gasteiger partial charge in [-0.2, -0.15) is 0 Å². The van der Waals surface area contributed by atoms with Crippen molar-refractivity contribution in [1.29, 1.82) is 5.41 Å². The number of aliphatic hydroxyl groups is 4. The molecule has 0 saturated carbocycles.